The molecule has 10 nitrogen and oxygen atoms in total. The van der Waals surface area contributed by atoms with E-state index in [4.69, 9.17) is 18.9 Å². The van der Waals surface area contributed by atoms with E-state index in [1.54, 1.807) is 0 Å². The third-order valence-corrected chi connectivity index (χ3v) is 8.15. The van der Waals surface area contributed by atoms with E-state index < -0.39 is 36.2 Å². The van der Waals surface area contributed by atoms with Gasteiger partial charge >= 0.3 is 24.1 Å². The van der Waals surface area contributed by atoms with E-state index in [9.17, 15) is 19.2 Å². The second kappa shape index (κ2) is 19.2. The third kappa shape index (κ3) is 13.3. The van der Waals surface area contributed by atoms with Gasteiger partial charge in [-0.15, -0.1) is 0 Å². The number of ether oxygens (including phenoxy) is 4. The number of carbonyl (C=O) groups is 4. The molecule has 46 heavy (non-hydrogen) atoms. The molecule has 0 saturated heterocycles. The first kappa shape index (κ1) is 34.5. The molecular formula is C36H46N2O8. The van der Waals surface area contributed by atoms with Gasteiger partial charge in [0, 0.05) is 12.2 Å². The Balaban J connectivity index is 1.25. The van der Waals surface area contributed by atoms with Crippen LogP contribution < -0.4 is 10.6 Å². The Kier molecular flexibility index (Phi) is 14.4. The molecule has 0 unspecified atom stereocenters. The molecule has 2 aliphatic carbocycles. The minimum Gasteiger partial charge on any atom is -0.460 e. The van der Waals surface area contributed by atoms with Gasteiger partial charge in [-0.1, -0.05) is 73.5 Å². The van der Waals surface area contributed by atoms with Gasteiger partial charge in [-0.3, -0.25) is 0 Å². The molecule has 10 heteroatoms. The Labute approximate surface area is 271 Å². The van der Waals surface area contributed by atoms with Crippen molar-refractivity contribution >= 4 is 24.1 Å². The summed E-state index contributed by atoms with van der Waals surface area (Å²) in [5.41, 5.74) is 1.92. The zero-order valence-electron chi connectivity index (χ0n) is 26.4. The number of alkyl carbamates (subject to hydrolysis) is 2. The van der Waals surface area contributed by atoms with Crippen LogP contribution in [0, 0.1) is 0 Å². The largest absolute Gasteiger partial charge is 0.460 e. The van der Waals surface area contributed by atoms with Crippen LogP contribution in [-0.4, -0.2) is 61.6 Å². The van der Waals surface area contributed by atoms with Crippen molar-refractivity contribution in [1.82, 2.24) is 10.6 Å². The molecule has 2 amide bonds. The maximum atomic E-state index is 12.6. The number of hydrogen-bond donors (Lipinski definition) is 2. The van der Waals surface area contributed by atoms with Gasteiger partial charge in [0.2, 0.25) is 0 Å². The van der Waals surface area contributed by atoms with Gasteiger partial charge in [0.25, 0.3) is 0 Å². The molecule has 0 aliphatic heterocycles. The molecule has 2 atom stereocenters. The summed E-state index contributed by atoms with van der Waals surface area (Å²) in [6.07, 6.45) is 11.4. The van der Waals surface area contributed by atoms with Crippen LogP contribution in [0.3, 0.4) is 0 Å². The fourth-order valence-corrected chi connectivity index (χ4v) is 5.77. The number of rotatable bonds is 14. The normalized spacial score (nSPS) is 17.0. The van der Waals surface area contributed by atoms with Crippen molar-refractivity contribution in [2.75, 3.05) is 13.2 Å². The maximum Gasteiger partial charge on any atom is 0.407 e. The lowest BCUT2D eigenvalue weighted by molar-refractivity contribution is -0.141. The van der Waals surface area contributed by atoms with E-state index >= 15 is 0 Å². The van der Waals surface area contributed by atoms with Crippen molar-refractivity contribution in [2.24, 2.45) is 0 Å². The first-order valence-electron chi connectivity index (χ1n) is 16.5. The third-order valence-electron chi connectivity index (χ3n) is 8.15. The molecule has 2 aromatic carbocycles. The van der Waals surface area contributed by atoms with Gasteiger partial charge in [0.1, 0.15) is 25.4 Å². The lowest BCUT2D eigenvalue weighted by Gasteiger charge is -2.24. The van der Waals surface area contributed by atoms with Crippen molar-refractivity contribution in [3.63, 3.8) is 0 Å². The van der Waals surface area contributed by atoms with E-state index in [0.29, 0.717) is 12.8 Å². The molecule has 248 valence electrons. The van der Waals surface area contributed by atoms with Crippen molar-refractivity contribution in [2.45, 2.75) is 101 Å². The van der Waals surface area contributed by atoms with Crippen LogP contribution >= 0.6 is 0 Å². The van der Waals surface area contributed by atoms with Gasteiger partial charge in [0.05, 0.1) is 12.1 Å². The van der Waals surface area contributed by atoms with Crippen molar-refractivity contribution < 1.29 is 38.1 Å². The van der Waals surface area contributed by atoms with Crippen LogP contribution in [0.1, 0.15) is 75.3 Å². The SMILES string of the molecule is O=C(/C=C/C(=O)OC[C@@H](Cc1ccccc1)NC(=O)OC1CCCCC1)OC[C@@H](Cc1ccccc1)NC(=O)OC1CCCCC1. The molecule has 0 heterocycles. The molecule has 4 rings (SSSR count). The molecule has 2 aromatic rings. The number of carbonyl (C=O) groups excluding carboxylic acids is 4. The first-order chi connectivity index (χ1) is 22.4. The molecule has 2 fully saturated rings. The number of esters is 2. The number of hydrogen-bond acceptors (Lipinski definition) is 8. The van der Waals surface area contributed by atoms with Gasteiger partial charge in [-0.25, -0.2) is 19.2 Å². The summed E-state index contributed by atoms with van der Waals surface area (Å²) in [4.78, 5) is 50.2. The molecule has 0 aromatic heterocycles. The molecule has 0 bridgehead atoms. The average Bonchev–Trinajstić information content (AvgIpc) is 3.07. The Hall–Kier alpha value is -4.34. The highest BCUT2D eigenvalue weighted by atomic mass is 16.6. The van der Waals surface area contributed by atoms with Crippen LogP contribution in [-0.2, 0) is 41.4 Å². The van der Waals surface area contributed by atoms with Crippen LogP contribution in [0.15, 0.2) is 72.8 Å². The topological polar surface area (TPSA) is 129 Å². The minimum atomic E-state index is -0.757. The quantitative estimate of drug-likeness (QED) is 0.148. The summed E-state index contributed by atoms with van der Waals surface area (Å²) < 4.78 is 21.9. The molecule has 0 radical (unpaired) electrons. The lowest BCUT2D eigenvalue weighted by atomic mass is 9.98. The fourth-order valence-electron chi connectivity index (χ4n) is 5.77. The van der Waals surface area contributed by atoms with Crippen molar-refractivity contribution in [3.05, 3.63) is 83.9 Å². The number of nitrogens with one attached hydrogen (secondary N) is 2. The second-order valence-corrected chi connectivity index (χ2v) is 12.0. The van der Waals surface area contributed by atoms with Crippen LogP contribution in [0.2, 0.25) is 0 Å². The predicted octanol–water partition coefficient (Wildman–Crippen LogP) is 5.97. The van der Waals surface area contributed by atoms with Gasteiger partial charge in [-0.05, 0) is 75.3 Å². The summed E-state index contributed by atoms with van der Waals surface area (Å²) in [6.45, 7) is -0.224. The van der Waals surface area contributed by atoms with Gasteiger partial charge in [-0.2, -0.15) is 0 Å². The van der Waals surface area contributed by atoms with Crippen LogP contribution in [0.4, 0.5) is 9.59 Å². The molecular weight excluding hydrogens is 588 g/mol. The van der Waals surface area contributed by atoms with E-state index in [-0.39, 0.29) is 25.4 Å². The summed E-state index contributed by atoms with van der Waals surface area (Å²) >= 11 is 0. The summed E-state index contributed by atoms with van der Waals surface area (Å²) in [5, 5.41) is 5.66. The molecule has 0 spiro atoms. The highest BCUT2D eigenvalue weighted by molar-refractivity contribution is 5.91. The number of amides is 2. The Morgan fingerprint density at radius 2 is 0.957 bits per heavy atom. The van der Waals surface area contributed by atoms with E-state index in [1.807, 2.05) is 60.7 Å². The summed E-state index contributed by atoms with van der Waals surface area (Å²) in [7, 11) is 0. The van der Waals surface area contributed by atoms with Crippen molar-refractivity contribution in [1.29, 1.82) is 0 Å². The highest BCUT2D eigenvalue weighted by Gasteiger charge is 2.23. The number of benzene rings is 2. The maximum absolute atomic E-state index is 12.6. The molecule has 2 N–H and O–H groups in total. The van der Waals surface area contributed by atoms with E-state index in [2.05, 4.69) is 10.6 Å². The van der Waals surface area contributed by atoms with E-state index in [0.717, 1.165) is 87.5 Å². The lowest BCUT2D eigenvalue weighted by Crippen LogP contribution is -2.42. The standard InChI is InChI=1S/C36H46N2O8/c39-33(43-25-29(23-27-13-5-1-6-14-27)37-35(41)45-31-17-9-3-10-18-31)21-22-34(40)44-26-30(24-28-15-7-2-8-16-28)38-36(42)46-32-19-11-4-12-20-32/h1-2,5-8,13-16,21-22,29-32H,3-4,9-12,17-20,23-26H2,(H,37,41)(H,38,42)/b22-21+/t29-,30-/m1/s1. The first-order valence-corrected chi connectivity index (χ1v) is 16.5. The van der Waals surface area contributed by atoms with Crippen molar-refractivity contribution in [3.8, 4) is 0 Å². The highest BCUT2D eigenvalue weighted by Crippen LogP contribution is 2.21. The Morgan fingerprint density at radius 3 is 1.33 bits per heavy atom. The summed E-state index contributed by atoms with van der Waals surface area (Å²) in [5.74, 6) is -1.51. The Morgan fingerprint density at radius 1 is 0.587 bits per heavy atom. The van der Waals surface area contributed by atoms with Crippen LogP contribution in [0.25, 0.3) is 0 Å². The Bertz CT molecular complexity index is 1160. The zero-order chi connectivity index (χ0) is 32.4. The molecule has 2 aliphatic rings. The fraction of sp³-hybridized carbons (Fsp3) is 0.500. The molecule has 2 saturated carbocycles. The smallest absolute Gasteiger partial charge is 0.407 e. The summed E-state index contributed by atoms with van der Waals surface area (Å²) in [6, 6.07) is 18.0. The second-order valence-electron chi connectivity index (χ2n) is 12.0. The van der Waals surface area contributed by atoms with Crippen LogP contribution in [0.5, 0.6) is 0 Å². The minimum absolute atomic E-state index is 0.104. The van der Waals surface area contributed by atoms with E-state index in [1.165, 1.54) is 0 Å². The average molecular weight is 635 g/mol. The monoisotopic (exact) mass is 634 g/mol. The van der Waals surface area contributed by atoms with Gasteiger partial charge < -0.3 is 29.6 Å². The predicted molar refractivity (Wildman–Crippen MR) is 172 cm³/mol. The zero-order valence-corrected chi connectivity index (χ0v) is 26.4. The van der Waals surface area contributed by atoms with Gasteiger partial charge in [0.15, 0.2) is 0 Å².